The van der Waals surface area contributed by atoms with Gasteiger partial charge in [0.1, 0.15) is 17.2 Å². The zero-order chi connectivity index (χ0) is 15.0. The number of carbonyl (C=O) groups is 2. The Hall–Kier alpha value is -1.98. The van der Waals surface area contributed by atoms with Crippen molar-refractivity contribution in [2.24, 2.45) is 0 Å². The van der Waals surface area contributed by atoms with Crippen molar-refractivity contribution in [1.82, 2.24) is 10.2 Å². The molecule has 1 spiro atoms. The van der Waals surface area contributed by atoms with Crippen LogP contribution >= 0.6 is 0 Å². The highest BCUT2D eigenvalue weighted by Crippen LogP contribution is 2.38. The fourth-order valence-electron chi connectivity index (χ4n) is 3.36. The van der Waals surface area contributed by atoms with Crippen molar-refractivity contribution >= 4 is 11.8 Å². The summed E-state index contributed by atoms with van der Waals surface area (Å²) in [6.45, 7) is -0.000680. The van der Waals surface area contributed by atoms with Crippen LogP contribution in [0.15, 0.2) is 18.2 Å². The topological polar surface area (TPSA) is 49.4 Å². The maximum atomic E-state index is 13.3. The monoisotopic (exact) mass is 294 g/mol. The molecule has 0 radical (unpaired) electrons. The number of halogens is 2. The first-order valence-corrected chi connectivity index (χ1v) is 7.05. The molecule has 4 nitrogen and oxygen atoms in total. The molecule has 2 aliphatic rings. The lowest BCUT2D eigenvalue weighted by Gasteiger charge is -2.43. The first-order valence-electron chi connectivity index (χ1n) is 7.05. The minimum absolute atomic E-state index is 0.0565. The summed E-state index contributed by atoms with van der Waals surface area (Å²) in [6.07, 6.45) is 2.94. The summed E-state index contributed by atoms with van der Waals surface area (Å²) >= 11 is 0. The van der Waals surface area contributed by atoms with Crippen molar-refractivity contribution in [3.8, 4) is 0 Å². The molecule has 1 saturated heterocycles. The van der Waals surface area contributed by atoms with Crippen LogP contribution in [0.3, 0.4) is 0 Å². The van der Waals surface area contributed by atoms with Gasteiger partial charge in [0.15, 0.2) is 0 Å². The number of rotatable bonds is 2. The summed E-state index contributed by atoms with van der Waals surface area (Å²) in [4.78, 5) is 25.9. The largest absolute Gasteiger partial charge is 0.345 e. The number of hydrogen-bond donors (Lipinski definition) is 1. The Bertz CT molecular complexity index is 577. The number of piperazine rings is 1. The van der Waals surface area contributed by atoms with Crippen molar-refractivity contribution in [2.75, 3.05) is 6.54 Å². The zero-order valence-corrected chi connectivity index (χ0v) is 11.5. The van der Waals surface area contributed by atoms with Gasteiger partial charge in [0.05, 0.1) is 6.54 Å². The molecule has 1 heterocycles. The molecular weight excluding hydrogens is 278 g/mol. The number of nitrogens with zero attached hydrogens (tertiary/aromatic N) is 1. The van der Waals surface area contributed by atoms with Gasteiger partial charge >= 0.3 is 0 Å². The predicted octanol–water partition coefficient (Wildman–Crippen LogP) is 1.74. The third-order valence-corrected chi connectivity index (χ3v) is 4.33. The van der Waals surface area contributed by atoms with E-state index in [4.69, 9.17) is 0 Å². The average Bonchev–Trinajstić information content (AvgIpc) is 2.89. The van der Waals surface area contributed by atoms with Crippen LogP contribution in [0.5, 0.6) is 0 Å². The van der Waals surface area contributed by atoms with E-state index in [-0.39, 0.29) is 24.9 Å². The normalized spacial score (nSPS) is 21.0. The summed E-state index contributed by atoms with van der Waals surface area (Å²) in [5, 5.41) is 2.62. The van der Waals surface area contributed by atoms with Crippen molar-refractivity contribution in [3.63, 3.8) is 0 Å². The third kappa shape index (κ3) is 2.39. The van der Waals surface area contributed by atoms with E-state index < -0.39 is 17.2 Å². The lowest BCUT2D eigenvalue weighted by Crippen LogP contribution is -2.65. The molecule has 3 rings (SSSR count). The lowest BCUT2D eigenvalue weighted by atomic mass is 9.90. The fourth-order valence-corrected chi connectivity index (χ4v) is 3.36. The average molecular weight is 294 g/mol. The zero-order valence-electron chi connectivity index (χ0n) is 11.5. The second kappa shape index (κ2) is 5.09. The first-order chi connectivity index (χ1) is 10.0. The molecule has 1 saturated carbocycles. The van der Waals surface area contributed by atoms with Crippen LogP contribution in [0.25, 0.3) is 0 Å². The number of carbonyl (C=O) groups excluding carboxylic acids is 2. The van der Waals surface area contributed by atoms with E-state index in [1.54, 1.807) is 0 Å². The van der Waals surface area contributed by atoms with Gasteiger partial charge in [-0.3, -0.25) is 9.59 Å². The molecule has 6 heteroatoms. The van der Waals surface area contributed by atoms with Crippen LogP contribution in [0, 0.1) is 11.6 Å². The number of amides is 2. The molecule has 2 fully saturated rings. The number of hydrogen-bond acceptors (Lipinski definition) is 2. The highest BCUT2D eigenvalue weighted by molar-refractivity contribution is 5.98. The van der Waals surface area contributed by atoms with Crippen molar-refractivity contribution in [3.05, 3.63) is 35.4 Å². The van der Waals surface area contributed by atoms with Gasteiger partial charge in [0, 0.05) is 12.6 Å². The molecule has 1 aliphatic carbocycles. The van der Waals surface area contributed by atoms with Gasteiger partial charge in [0.2, 0.25) is 11.8 Å². The Morgan fingerprint density at radius 1 is 1.10 bits per heavy atom. The highest BCUT2D eigenvalue weighted by atomic mass is 19.1. The van der Waals surface area contributed by atoms with Crippen molar-refractivity contribution < 1.29 is 18.4 Å². The summed E-state index contributed by atoms with van der Waals surface area (Å²) in [5.41, 5.74) is -0.486. The van der Waals surface area contributed by atoms with Crippen molar-refractivity contribution in [2.45, 2.75) is 37.8 Å². The van der Waals surface area contributed by atoms with E-state index >= 15 is 0 Å². The van der Waals surface area contributed by atoms with Gasteiger partial charge in [0.25, 0.3) is 0 Å². The van der Waals surface area contributed by atoms with E-state index in [2.05, 4.69) is 5.32 Å². The number of nitrogens with one attached hydrogen (secondary N) is 1. The van der Waals surface area contributed by atoms with E-state index in [1.165, 1.54) is 17.0 Å². The Balaban J connectivity index is 1.93. The molecule has 21 heavy (non-hydrogen) atoms. The maximum Gasteiger partial charge on any atom is 0.246 e. The summed E-state index contributed by atoms with van der Waals surface area (Å²) in [5.74, 6) is -1.73. The van der Waals surface area contributed by atoms with E-state index in [0.29, 0.717) is 18.4 Å². The molecule has 1 aromatic rings. The summed E-state index contributed by atoms with van der Waals surface area (Å²) in [7, 11) is 0. The summed E-state index contributed by atoms with van der Waals surface area (Å²) < 4.78 is 26.6. The van der Waals surface area contributed by atoms with Gasteiger partial charge in [-0.25, -0.2) is 8.78 Å². The smallest absolute Gasteiger partial charge is 0.246 e. The molecule has 0 bridgehead atoms. The molecule has 0 atom stereocenters. The molecule has 2 amide bonds. The second-order valence-electron chi connectivity index (χ2n) is 5.68. The highest BCUT2D eigenvalue weighted by Gasteiger charge is 2.50. The van der Waals surface area contributed by atoms with Crippen molar-refractivity contribution in [1.29, 1.82) is 0 Å². The van der Waals surface area contributed by atoms with Crippen LogP contribution in [0.2, 0.25) is 0 Å². The molecule has 1 aromatic carbocycles. The molecule has 0 aromatic heterocycles. The number of benzene rings is 1. The van der Waals surface area contributed by atoms with E-state index in [9.17, 15) is 18.4 Å². The minimum Gasteiger partial charge on any atom is -0.345 e. The Morgan fingerprint density at radius 3 is 2.33 bits per heavy atom. The van der Waals surface area contributed by atoms with E-state index in [0.717, 1.165) is 18.9 Å². The van der Waals surface area contributed by atoms with Crippen LogP contribution in [-0.4, -0.2) is 28.8 Å². The van der Waals surface area contributed by atoms with Gasteiger partial charge in [-0.15, -0.1) is 0 Å². The van der Waals surface area contributed by atoms with Gasteiger partial charge in [-0.1, -0.05) is 12.8 Å². The predicted molar refractivity (Wildman–Crippen MR) is 71.1 cm³/mol. The lowest BCUT2D eigenvalue weighted by molar-refractivity contribution is -0.154. The second-order valence-corrected chi connectivity index (χ2v) is 5.68. The van der Waals surface area contributed by atoms with Crippen LogP contribution in [-0.2, 0) is 16.1 Å². The first kappa shape index (κ1) is 14.0. The fraction of sp³-hybridized carbons (Fsp3) is 0.467. The van der Waals surface area contributed by atoms with Crippen LogP contribution in [0.4, 0.5) is 8.78 Å². The van der Waals surface area contributed by atoms with E-state index in [1.807, 2.05) is 0 Å². The van der Waals surface area contributed by atoms with Crippen LogP contribution in [0.1, 0.15) is 31.2 Å². The molecular formula is C15H16F2N2O2. The maximum absolute atomic E-state index is 13.3. The Morgan fingerprint density at radius 2 is 1.71 bits per heavy atom. The van der Waals surface area contributed by atoms with Gasteiger partial charge in [-0.2, -0.15) is 0 Å². The molecule has 0 unspecified atom stereocenters. The minimum atomic E-state index is -0.849. The molecule has 1 N–H and O–H groups in total. The van der Waals surface area contributed by atoms with Crippen LogP contribution < -0.4 is 5.32 Å². The molecule has 1 aliphatic heterocycles. The SMILES string of the molecule is O=C1CNC(=O)C2(CCCC2)N1Cc1cc(F)cc(F)c1. The van der Waals surface area contributed by atoms with Gasteiger partial charge < -0.3 is 10.2 Å². The third-order valence-electron chi connectivity index (χ3n) is 4.33. The Kier molecular flexibility index (Phi) is 3.39. The quantitative estimate of drug-likeness (QED) is 0.903. The summed E-state index contributed by atoms with van der Waals surface area (Å²) in [6, 6.07) is 3.19. The Labute approximate surface area is 121 Å². The van der Waals surface area contributed by atoms with Gasteiger partial charge in [-0.05, 0) is 30.5 Å². The molecule has 112 valence electrons. The standard InChI is InChI=1S/C15H16F2N2O2/c16-11-5-10(6-12(17)7-11)9-19-13(20)8-18-14(21)15(19)3-1-2-4-15/h5-7H,1-4,8-9H2,(H,18,21).